The molecule has 0 bridgehead atoms. The van der Waals surface area contributed by atoms with Crippen molar-refractivity contribution in [1.29, 1.82) is 0 Å². The van der Waals surface area contributed by atoms with Crippen molar-refractivity contribution in [3.8, 4) is 11.5 Å². The van der Waals surface area contributed by atoms with Gasteiger partial charge in [0.25, 0.3) is 0 Å². The van der Waals surface area contributed by atoms with Crippen molar-refractivity contribution < 1.29 is 28.6 Å². The summed E-state index contributed by atoms with van der Waals surface area (Å²) in [6, 6.07) is 10.2. The highest BCUT2D eigenvalue weighted by Crippen LogP contribution is 2.38. The van der Waals surface area contributed by atoms with Crippen LogP contribution in [0.5, 0.6) is 11.5 Å². The van der Waals surface area contributed by atoms with Crippen LogP contribution in [0.15, 0.2) is 47.1 Å². The summed E-state index contributed by atoms with van der Waals surface area (Å²) >= 11 is 6.18. The number of hydrogen-bond donors (Lipinski definition) is 0. The zero-order valence-electron chi connectivity index (χ0n) is 15.8. The Morgan fingerprint density at radius 3 is 2.48 bits per heavy atom. The predicted molar refractivity (Wildman–Crippen MR) is 106 cm³/mol. The molecule has 0 fully saturated rings. The quantitative estimate of drug-likeness (QED) is 0.429. The van der Waals surface area contributed by atoms with Crippen LogP contribution in [-0.2, 0) is 19.1 Å². The second-order valence-corrected chi connectivity index (χ2v) is 6.63. The van der Waals surface area contributed by atoms with E-state index in [4.69, 9.17) is 25.8 Å². The van der Waals surface area contributed by atoms with Crippen LogP contribution in [0.25, 0.3) is 6.08 Å². The van der Waals surface area contributed by atoms with Gasteiger partial charge in [0, 0.05) is 19.4 Å². The van der Waals surface area contributed by atoms with Gasteiger partial charge in [-0.3, -0.25) is 9.59 Å². The van der Waals surface area contributed by atoms with Gasteiger partial charge in [-0.25, -0.2) is 9.79 Å². The number of carbonyl (C=O) groups is 3. The Bertz CT molecular complexity index is 1090. The molecule has 0 radical (unpaired) electrons. The minimum atomic E-state index is -0.629. The Hall–Kier alpha value is -3.45. The number of hydrogen-bond acceptors (Lipinski definition) is 7. The number of ether oxygens (including phenoxy) is 3. The first kappa shape index (κ1) is 20.3. The molecule has 0 saturated carbocycles. The number of cyclic esters (lactones) is 1. The lowest BCUT2D eigenvalue weighted by Crippen LogP contribution is -2.08. The molecule has 0 unspecified atom stereocenters. The molecule has 0 aromatic heterocycles. The van der Waals surface area contributed by atoms with Crippen LogP contribution >= 0.6 is 11.6 Å². The van der Waals surface area contributed by atoms with Crippen molar-refractivity contribution >= 4 is 41.5 Å². The Morgan fingerprint density at radius 2 is 1.83 bits per heavy atom. The molecule has 0 N–H and O–H groups in total. The van der Waals surface area contributed by atoms with Gasteiger partial charge in [-0.2, -0.15) is 0 Å². The fraction of sp³-hybridized carbons (Fsp3) is 0.143. The second-order valence-electron chi connectivity index (χ2n) is 6.22. The summed E-state index contributed by atoms with van der Waals surface area (Å²) in [6.07, 6.45) is 1.43. The predicted octanol–water partition coefficient (Wildman–Crippen LogP) is 3.84. The summed E-state index contributed by atoms with van der Waals surface area (Å²) in [6.45, 7) is 4.31. The highest BCUT2D eigenvalue weighted by atomic mass is 35.5. The van der Waals surface area contributed by atoms with Gasteiger partial charge in [0.2, 0.25) is 5.90 Å². The summed E-state index contributed by atoms with van der Waals surface area (Å²) in [5, 5.41) is 0.0278. The summed E-state index contributed by atoms with van der Waals surface area (Å²) in [4.78, 5) is 39.1. The van der Waals surface area contributed by atoms with E-state index in [2.05, 4.69) is 4.99 Å². The van der Waals surface area contributed by atoms with E-state index >= 15 is 0 Å². The number of rotatable bonds is 4. The fourth-order valence-electron chi connectivity index (χ4n) is 2.61. The van der Waals surface area contributed by atoms with Gasteiger partial charge in [-0.05, 0) is 42.8 Å². The molecule has 0 spiro atoms. The average Bonchev–Trinajstić information content (AvgIpc) is 2.98. The van der Waals surface area contributed by atoms with Crippen molar-refractivity contribution in [1.82, 2.24) is 0 Å². The largest absolute Gasteiger partial charge is 0.423 e. The minimum absolute atomic E-state index is 0.0278. The summed E-state index contributed by atoms with van der Waals surface area (Å²) in [5.74, 6) is -1.84. The first-order valence-corrected chi connectivity index (χ1v) is 8.90. The van der Waals surface area contributed by atoms with Crippen LogP contribution in [0.1, 0.15) is 30.5 Å². The summed E-state index contributed by atoms with van der Waals surface area (Å²) in [5.41, 5.74) is 2.12. The number of halogens is 1. The smallest absolute Gasteiger partial charge is 0.363 e. The standard InChI is InChI=1S/C21H16ClNO6/c1-11-5-4-6-15(7-11)20-23-17(21(26)29-20)9-14-8-16(22)19(28-13(3)25)18(10-14)27-12(2)24/h4-10H,1-3H3/b17-9-. The summed E-state index contributed by atoms with van der Waals surface area (Å²) in [7, 11) is 0. The normalized spacial score (nSPS) is 14.4. The SMILES string of the molecule is CC(=O)Oc1cc(/C=C2\N=C(c3cccc(C)c3)OC2=O)cc(Cl)c1OC(C)=O. The van der Waals surface area contributed by atoms with E-state index in [1.165, 1.54) is 32.1 Å². The highest BCUT2D eigenvalue weighted by molar-refractivity contribution is 6.32. The van der Waals surface area contributed by atoms with Gasteiger partial charge in [-0.15, -0.1) is 0 Å². The van der Waals surface area contributed by atoms with E-state index < -0.39 is 17.9 Å². The van der Waals surface area contributed by atoms with Crippen LogP contribution in [-0.4, -0.2) is 23.8 Å². The third-order valence-electron chi connectivity index (χ3n) is 3.72. The van der Waals surface area contributed by atoms with Crippen LogP contribution in [0.2, 0.25) is 5.02 Å². The van der Waals surface area contributed by atoms with Crippen molar-refractivity contribution in [2.45, 2.75) is 20.8 Å². The van der Waals surface area contributed by atoms with Gasteiger partial charge in [0.05, 0.1) is 5.02 Å². The molecule has 2 aromatic carbocycles. The molecule has 1 heterocycles. The first-order chi connectivity index (χ1) is 13.7. The highest BCUT2D eigenvalue weighted by Gasteiger charge is 2.25. The lowest BCUT2D eigenvalue weighted by molar-refractivity contribution is -0.134. The number of esters is 3. The number of aliphatic imine (C=N–C) groups is 1. The maximum atomic E-state index is 12.2. The molecule has 29 heavy (non-hydrogen) atoms. The zero-order valence-corrected chi connectivity index (χ0v) is 16.6. The van der Waals surface area contributed by atoms with E-state index in [1.54, 1.807) is 6.07 Å². The molecule has 8 heteroatoms. The first-order valence-electron chi connectivity index (χ1n) is 8.53. The molecule has 2 aromatic rings. The van der Waals surface area contributed by atoms with Gasteiger partial charge in [0.1, 0.15) is 0 Å². The number of nitrogens with zero attached hydrogens (tertiary/aromatic N) is 1. The number of aryl methyl sites for hydroxylation is 1. The minimum Gasteiger partial charge on any atom is -0.423 e. The van der Waals surface area contributed by atoms with Crippen molar-refractivity contribution in [2.24, 2.45) is 4.99 Å². The second kappa shape index (κ2) is 8.28. The van der Waals surface area contributed by atoms with Crippen molar-refractivity contribution in [3.05, 3.63) is 63.8 Å². The fourth-order valence-corrected chi connectivity index (χ4v) is 2.87. The lowest BCUT2D eigenvalue weighted by atomic mass is 10.1. The molecule has 0 saturated heterocycles. The Balaban J connectivity index is 2.00. The molecule has 1 aliphatic heterocycles. The molecule has 148 valence electrons. The molecule has 0 atom stereocenters. The Kier molecular flexibility index (Phi) is 5.79. The van der Waals surface area contributed by atoms with Crippen LogP contribution in [0.4, 0.5) is 0 Å². The van der Waals surface area contributed by atoms with Crippen LogP contribution < -0.4 is 9.47 Å². The molecule has 3 rings (SSSR count). The van der Waals surface area contributed by atoms with Crippen LogP contribution in [0.3, 0.4) is 0 Å². The average molecular weight is 414 g/mol. The molecular weight excluding hydrogens is 398 g/mol. The third kappa shape index (κ3) is 4.89. The third-order valence-corrected chi connectivity index (χ3v) is 4.00. The van der Waals surface area contributed by atoms with Gasteiger partial charge < -0.3 is 14.2 Å². The van der Waals surface area contributed by atoms with Gasteiger partial charge in [0.15, 0.2) is 17.2 Å². The zero-order chi connectivity index (χ0) is 21.1. The Morgan fingerprint density at radius 1 is 1.10 bits per heavy atom. The molecule has 0 amide bonds. The van der Waals surface area contributed by atoms with Crippen LogP contribution in [0, 0.1) is 6.92 Å². The molecule has 0 aliphatic carbocycles. The maximum Gasteiger partial charge on any atom is 0.363 e. The van der Waals surface area contributed by atoms with Gasteiger partial charge >= 0.3 is 17.9 Å². The van der Waals surface area contributed by atoms with E-state index in [0.717, 1.165) is 5.56 Å². The van der Waals surface area contributed by atoms with Gasteiger partial charge in [-0.1, -0.05) is 29.3 Å². The molecule has 7 nitrogen and oxygen atoms in total. The molecular formula is C21H16ClNO6. The molecule has 1 aliphatic rings. The lowest BCUT2D eigenvalue weighted by Gasteiger charge is -2.11. The maximum absolute atomic E-state index is 12.2. The van der Waals surface area contributed by atoms with Crippen molar-refractivity contribution in [2.75, 3.05) is 0 Å². The van der Waals surface area contributed by atoms with E-state index in [-0.39, 0.29) is 28.1 Å². The Labute approximate surface area is 171 Å². The van der Waals surface area contributed by atoms with E-state index in [0.29, 0.717) is 11.1 Å². The van der Waals surface area contributed by atoms with Crippen molar-refractivity contribution in [3.63, 3.8) is 0 Å². The number of benzene rings is 2. The topological polar surface area (TPSA) is 91.3 Å². The van der Waals surface area contributed by atoms with E-state index in [1.807, 2.05) is 25.1 Å². The number of carbonyl (C=O) groups excluding carboxylic acids is 3. The van der Waals surface area contributed by atoms with E-state index in [9.17, 15) is 14.4 Å². The monoisotopic (exact) mass is 413 g/mol. The summed E-state index contributed by atoms with van der Waals surface area (Å²) < 4.78 is 15.3.